The summed E-state index contributed by atoms with van der Waals surface area (Å²) in [5.41, 5.74) is 8.87. The van der Waals surface area contributed by atoms with E-state index in [9.17, 15) is 4.79 Å². The van der Waals surface area contributed by atoms with Gasteiger partial charge >= 0.3 is 0 Å². The van der Waals surface area contributed by atoms with E-state index < -0.39 is 0 Å². The first-order valence-electron chi connectivity index (χ1n) is 7.73. The lowest BCUT2D eigenvalue weighted by Gasteiger charge is -2.17. The van der Waals surface area contributed by atoms with Crippen LogP contribution in [0.25, 0.3) is 5.57 Å². The molecular weight excluding hydrogens is 322 g/mol. The maximum absolute atomic E-state index is 12.7. The molecule has 1 aliphatic rings. The Morgan fingerprint density at radius 3 is 2.42 bits per heavy atom. The summed E-state index contributed by atoms with van der Waals surface area (Å²) in [5.74, 6) is -0.0188. The second-order valence-electron chi connectivity index (χ2n) is 5.70. The fraction of sp³-hybridized carbons (Fsp3) is 0.158. The Bertz CT molecular complexity index is 781. The van der Waals surface area contributed by atoms with Gasteiger partial charge in [0.15, 0.2) is 0 Å². The maximum atomic E-state index is 12.7. The van der Waals surface area contributed by atoms with E-state index in [2.05, 4.69) is 0 Å². The van der Waals surface area contributed by atoms with E-state index in [1.54, 1.807) is 4.90 Å². The summed E-state index contributed by atoms with van der Waals surface area (Å²) in [5, 5.41) is 8.01. The van der Waals surface area contributed by atoms with Gasteiger partial charge < -0.3 is 16.0 Å². The molecule has 1 amide bonds. The third kappa shape index (κ3) is 3.05. The van der Waals surface area contributed by atoms with Crippen LogP contribution in [0, 0.1) is 5.41 Å². The van der Waals surface area contributed by atoms with Crippen LogP contribution in [-0.4, -0.2) is 18.7 Å². The number of allylic oxidation sites excluding steroid dienone is 1. The Morgan fingerprint density at radius 1 is 1.17 bits per heavy atom. The summed E-state index contributed by atoms with van der Waals surface area (Å²) in [6.07, 6.45) is 3.41. The van der Waals surface area contributed by atoms with Crippen LogP contribution in [0.4, 0.5) is 5.69 Å². The van der Waals surface area contributed by atoms with E-state index >= 15 is 0 Å². The third-order valence-electron chi connectivity index (χ3n) is 4.33. The number of hydrogen-bond donors (Lipinski definition) is 2. The SMILES string of the molecule is N=C/C(=C\N)c1ccc(N2CCC(c3ccc(Cl)cc3)C2=O)cc1. The summed E-state index contributed by atoms with van der Waals surface area (Å²) in [6.45, 7) is 0.690. The molecule has 24 heavy (non-hydrogen) atoms. The van der Waals surface area contributed by atoms with Gasteiger partial charge in [-0.1, -0.05) is 35.9 Å². The van der Waals surface area contributed by atoms with Crippen LogP contribution >= 0.6 is 11.6 Å². The van der Waals surface area contributed by atoms with Gasteiger partial charge in [-0.05, 0) is 41.8 Å². The molecule has 2 aromatic rings. The molecule has 1 heterocycles. The molecule has 3 N–H and O–H groups in total. The number of halogens is 1. The second-order valence-corrected chi connectivity index (χ2v) is 6.13. The first-order valence-corrected chi connectivity index (χ1v) is 8.11. The molecule has 2 aromatic carbocycles. The zero-order valence-corrected chi connectivity index (χ0v) is 13.8. The molecule has 0 aromatic heterocycles. The topological polar surface area (TPSA) is 70.2 Å². The second kappa shape index (κ2) is 6.89. The van der Waals surface area contributed by atoms with Crippen LogP contribution in [0.3, 0.4) is 0 Å². The monoisotopic (exact) mass is 339 g/mol. The van der Waals surface area contributed by atoms with Crippen LogP contribution in [0.15, 0.2) is 54.7 Å². The summed E-state index contributed by atoms with van der Waals surface area (Å²) >= 11 is 5.92. The van der Waals surface area contributed by atoms with Crippen molar-refractivity contribution in [3.05, 3.63) is 70.9 Å². The number of nitrogens with two attached hydrogens (primary N) is 1. The minimum Gasteiger partial charge on any atom is -0.404 e. The van der Waals surface area contributed by atoms with Crippen molar-refractivity contribution in [2.45, 2.75) is 12.3 Å². The highest BCUT2D eigenvalue weighted by Gasteiger charge is 2.33. The molecule has 1 atom stereocenters. The smallest absolute Gasteiger partial charge is 0.234 e. The minimum absolute atomic E-state index is 0.103. The van der Waals surface area contributed by atoms with Crippen LogP contribution in [0.2, 0.25) is 5.02 Å². The van der Waals surface area contributed by atoms with Gasteiger partial charge in [0.2, 0.25) is 5.91 Å². The molecule has 5 heteroatoms. The standard InChI is InChI=1S/C19H18ClN3O/c20-16-5-1-14(2-6-16)18-9-10-23(19(18)24)17-7-3-13(4-8-17)15(11-21)12-22/h1-8,11-12,18,21H,9-10,22H2/b15-12+,21-11?. The Hall–Kier alpha value is -2.59. The lowest BCUT2D eigenvalue weighted by atomic mass is 9.98. The molecule has 122 valence electrons. The predicted molar refractivity (Wildman–Crippen MR) is 98.6 cm³/mol. The van der Waals surface area contributed by atoms with Gasteiger partial charge in [0.1, 0.15) is 0 Å². The fourth-order valence-corrected chi connectivity index (χ4v) is 3.13. The number of carbonyl (C=O) groups is 1. The van der Waals surface area contributed by atoms with Crippen LogP contribution < -0.4 is 10.6 Å². The average Bonchev–Trinajstić information content (AvgIpc) is 2.99. The zero-order chi connectivity index (χ0) is 17.1. The van der Waals surface area contributed by atoms with Crippen molar-refractivity contribution in [3.63, 3.8) is 0 Å². The molecule has 0 bridgehead atoms. The summed E-state index contributed by atoms with van der Waals surface area (Å²) in [4.78, 5) is 14.6. The van der Waals surface area contributed by atoms with Gasteiger partial charge in [0.25, 0.3) is 0 Å². The molecule has 0 radical (unpaired) electrons. The number of benzene rings is 2. The van der Waals surface area contributed by atoms with Crippen molar-refractivity contribution in [2.75, 3.05) is 11.4 Å². The molecule has 1 fully saturated rings. The molecule has 1 aliphatic heterocycles. The molecular formula is C19H18ClN3O. The van der Waals surface area contributed by atoms with Crippen molar-refractivity contribution < 1.29 is 4.79 Å². The molecule has 1 unspecified atom stereocenters. The Balaban J connectivity index is 1.80. The predicted octanol–water partition coefficient (Wildman–Crippen LogP) is 3.81. The number of anilines is 1. The highest BCUT2D eigenvalue weighted by Crippen LogP contribution is 2.33. The minimum atomic E-state index is -0.122. The highest BCUT2D eigenvalue weighted by atomic mass is 35.5. The van der Waals surface area contributed by atoms with E-state index in [-0.39, 0.29) is 11.8 Å². The van der Waals surface area contributed by atoms with Gasteiger partial charge in [0.05, 0.1) is 5.92 Å². The Labute approximate surface area is 146 Å². The molecule has 3 rings (SSSR count). The summed E-state index contributed by atoms with van der Waals surface area (Å²) in [6, 6.07) is 15.0. The number of rotatable bonds is 4. The lowest BCUT2D eigenvalue weighted by molar-refractivity contribution is -0.118. The van der Waals surface area contributed by atoms with Crippen molar-refractivity contribution in [2.24, 2.45) is 5.73 Å². The van der Waals surface area contributed by atoms with Gasteiger partial charge in [-0.3, -0.25) is 4.79 Å². The first kappa shape index (κ1) is 16.3. The van der Waals surface area contributed by atoms with Crippen molar-refractivity contribution in [1.82, 2.24) is 0 Å². The number of amides is 1. The van der Waals surface area contributed by atoms with Gasteiger partial charge in [0, 0.05) is 35.2 Å². The fourth-order valence-electron chi connectivity index (χ4n) is 3.00. The van der Waals surface area contributed by atoms with Crippen molar-refractivity contribution in [3.8, 4) is 0 Å². The third-order valence-corrected chi connectivity index (χ3v) is 4.58. The van der Waals surface area contributed by atoms with Crippen LogP contribution in [0.5, 0.6) is 0 Å². The number of nitrogens with one attached hydrogen (secondary N) is 1. The van der Waals surface area contributed by atoms with Crippen LogP contribution in [0.1, 0.15) is 23.5 Å². The summed E-state index contributed by atoms with van der Waals surface area (Å²) < 4.78 is 0. The van der Waals surface area contributed by atoms with Crippen molar-refractivity contribution in [1.29, 1.82) is 5.41 Å². The van der Waals surface area contributed by atoms with E-state index in [1.807, 2.05) is 48.5 Å². The van der Waals surface area contributed by atoms with E-state index in [0.29, 0.717) is 17.1 Å². The highest BCUT2D eigenvalue weighted by molar-refractivity contribution is 6.30. The van der Waals surface area contributed by atoms with Gasteiger partial charge in [-0.25, -0.2) is 0 Å². The van der Waals surface area contributed by atoms with Gasteiger partial charge in [-0.2, -0.15) is 0 Å². The summed E-state index contributed by atoms with van der Waals surface area (Å²) in [7, 11) is 0. The Morgan fingerprint density at radius 2 is 1.83 bits per heavy atom. The first-order chi connectivity index (χ1) is 11.6. The quantitative estimate of drug-likeness (QED) is 0.831. The molecule has 0 aliphatic carbocycles. The van der Waals surface area contributed by atoms with Gasteiger partial charge in [-0.15, -0.1) is 0 Å². The van der Waals surface area contributed by atoms with E-state index in [1.165, 1.54) is 12.4 Å². The number of carbonyl (C=O) groups excluding carboxylic acids is 1. The molecule has 0 spiro atoms. The normalized spacial score (nSPS) is 18.0. The van der Waals surface area contributed by atoms with Crippen molar-refractivity contribution >= 4 is 35.0 Å². The Kier molecular flexibility index (Phi) is 4.67. The molecule has 4 nitrogen and oxygen atoms in total. The largest absolute Gasteiger partial charge is 0.404 e. The molecule has 1 saturated heterocycles. The number of hydrogen-bond acceptors (Lipinski definition) is 3. The zero-order valence-electron chi connectivity index (χ0n) is 13.1. The maximum Gasteiger partial charge on any atom is 0.234 e. The number of nitrogens with zero attached hydrogens (tertiary/aromatic N) is 1. The molecule has 0 saturated carbocycles. The van der Waals surface area contributed by atoms with Crippen LogP contribution in [-0.2, 0) is 4.79 Å². The van der Waals surface area contributed by atoms with E-state index in [4.69, 9.17) is 22.7 Å². The average molecular weight is 340 g/mol. The van der Waals surface area contributed by atoms with E-state index in [0.717, 1.165) is 23.2 Å². The lowest BCUT2D eigenvalue weighted by Crippen LogP contribution is -2.26.